The van der Waals surface area contributed by atoms with Gasteiger partial charge >= 0.3 is 5.97 Å². The van der Waals surface area contributed by atoms with E-state index in [2.05, 4.69) is 10.6 Å². The van der Waals surface area contributed by atoms with E-state index in [1.54, 1.807) is 0 Å². The smallest absolute Gasteiger partial charge is 0.325 e. The second-order valence-corrected chi connectivity index (χ2v) is 6.30. The summed E-state index contributed by atoms with van der Waals surface area (Å²) < 4.78 is 0. The largest absolute Gasteiger partial charge is 0.480 e. The second kappa shape index (κ2) is 8.62. The number of nitrogens with zero attached hydrogens (tertiary/aromatic N) is 1. The standard InChI is InChI=1S/C15H26N4O5/c1-8(2)12(16)14(22)19-6-4-5-10(19)13(21)17-7-11(20)18-9(3)15(23)24/h8-10,12H,4-7,16H2,1-3H3,(H,17,21)(H,18,20)(H,23,24). The number of likely N-dealkylation sites (tertiary alicyclic amines) is 1. The number of carbonyl (C=O) groups excluding carboxylic acids is 3. The Morgan fingerprint density at radius 1 is 1.25 bits per heavy atom. The normalized spacial score (nSPS) is 19.7. The van der Waals surface area contributed by atoms with Gasteiger partial charge in [0.15, 0.2) is 0 Å². The third kappa shape index (κ3) is 5.19. The topological polar surface area (TPSA) is 142 Å². The van der Waals surface area contributed by atoms with Gasteiger partial charge in [0.25, 0.3) is 0 Å². The lowest BCUT2D eigenvalue weighted by molar-refractivity contribution is -0.142. The Hall–Kier alpha value is -2.16. The fourth-order valence-electron chi connectivity index (χ4n) is 2.42. The van der Waals surface area contributed by atoms with Gasteiger partial charge in [-0.05, 0) is 25.7 Å². The Kier molecular flexibility index (Phi) is 7.15. The summed E-state index contributed by atoms with van der Waals surface area (Å²) in [6, 6.07) is -2.35. The molecule has 136 valence electrons. The van der Waals surface area contributed by atoms with Gasteiger partial charge in [-0.15, -0.1) is 0 Å². The molecule has 1 aliphatic heterocycles. The zero-order valence-electron chi connectivity index (χ0n) is 14.2. The van der Waals surface area contributed by atoms with E-state index < -0.39 is 35.9 Å². The average molecular weight is 342 g/mol. The molecule has 1 heterocycles. The van der Waals surface area contributed by atoms with Gasteiger partial charge in [-0.1, -0.05) is 13.8 Å². The molecule has 1 rings (SSSR count). The minimum Gasteiger partial charge on any atom is -0.480 e. The van der Waals surface area contributed by atoms with Gasteiger partial charge in [0.05, 0.1) is 12.6 Å². The number of carboxylic acids is 1. The summed E-state index contributed by atoms with van der Waals surface area (Å²) in [6.45, 7) is 5.11. The first-order valence-corrected chi connectivity index (χ1v) is 8.01. The molecular weight excluding hydrogens is 316 g/mol. The van der Waals surface area contributed by atoms with E-state index in [0.717, 1.165) is 0 Å². The third-order valence-electron chi connectivity index (χ3n) is 4.01. The molecule has 1 aliphatic rings. The van der Waals surface area contributed by atoms with Crippen molar-refractivity contribution in [2.24, 2.45) is 11.7 Å². The minimum atomic E-state index is -1.16. The van der Waals surface area contributed by atoms with Crippen LogP contribution < -0.4 is 16.4 Å². The Morgan fingerprint density at radius 3 is 2.42 bits per heavy atom. The van der Waals surface area contributed by atoms with Gasteiger partial charge in [-0.3, -0.25) is 19.2 Å². The molecule has 24 heavy (non-hydrogen) atoms. The summed E-state index contributed by atoms with van der Waals surface area (Å²) in [5.41, 5.74) is 5.86. The Labute approximate surface area is 140 Å². The zero-order valence-corrected chi connectivity index (χ0v) is 14.2. The number of nitrogens with two attached hydrogens (primary N) is 1. The maximum absolute atomic E-state index is 12.3. The minimum absolute atomic E-state index is 0.0369. The van der Waals surface area contributed by atoms with Crippen LogP contribution in [0.3, 0.4) is 0 Å². The highest BCUT2D eigenvalue weighted by Gasteiger charge is 2.36. The number of nitrogens with one attached hydrogen (secondary N) is 2. The van der Waals surface area contributed by atoms with Crippen LogP contribution in [0, 0.1) is 5.92 Å². The van der Waals surface area contributed by atoms with Crippen LogP contribution in [0.1, 0.15) is 33.6 Å². The van der Waals surface area contributed by atoms with Crippen molar-refractivity contribution in [3.63, 3.8) is 0 Å². The average Bonchev–Trinajstić information content (AvgIpc) is 3.00. The highest BCUT2D eigenvalue weighted by atomic mass is 16.4. The van der Waals surface area contributed by atoms with Gasteiger partial charge in [0, 0.05) is 6.54 Å². The number of aliphatic carboxylic acids is 1. The molecule has 0 aromatic rings. The van der Waals surface area contributed by atoms with Crippen LogP contribution in [0.5, 0.6) is 0 Å². The highest BCUT2D eigenvalue weighted by Crippen LogP contribution is 2.19. The summed E-state index contributed by atoms with van der Waals surface area (Å²) >= 11 is 0. The van der Waals surface area contributed by atoms with Crippen molar-refractivity contribution in [2.75, 3.05) is 13.1 Å². The fourth-order valence-corrected chi connectivity index (χ4v) is 2.42. The molecule has 3 amide bonds. The van der Waals surface area contributed by atoms with Gasteiger partial charge in [0.2, 0.25) is 17.7 Å². The maximum Gasteiger partial charge on any atom is 0.325 e. The first-order chi connectivity index (χ1) is 11.1. The van der Waals surface area contributed by atoms with Crippen LogP contribution in [0.15, 0.2) is 0 Å². The van der Waals surface area contributed by atoms with Crippen molar-refractivity contribution in [2.45, 2.75) is 51.7 Å². The first-order valence-electron chi connectivity index (χ1n) is 8.01. The molecular formula is C15H26N4O5. The molecule has 3 unspecified atom stereocenters. The number of carbonyl (C=O) groups is 4. The Bertz CT molecular complexity index is 508. The summed E-state index contributed by atoms with van der Waals surface area (Å²) in [4.78, 5) is 48.3. The quantitative estimate of drug-likeness (QED) is 0.451. The van der Waals surface area contributed by atoms with Crippen LogP contribution in [0.2, 0.25) is 0 Å². The fraction of sp³-hybridized carbons (Fsp3) is 0.733. The maximum atomic E-state index is 12.3. The van der Waals surface area contributed by atoms with E-state index in [-0.39, 0.29) is 18.4 Å². The Morgan fingerprint density at radius 2 is 1.88 bits per heavy atom. The predicted molar refractivity (Wildman–Crippen MR) is 85.8 cm³/mol. The molecule has 1 saturated heterocycles. The molecule has 0 aromatic carbocycles. The van der Waals surface area contributed by atoms with Crippen LogP contribution in [0.25, 0.3) is 0 Å². The number of hydrogen-bond donors (Lipinski definition) is 4. The molecule has 0 aliphatic carbocycles. The number of carboxylic acid groups (broad SMARTS) is 1. The van der Waals surface area contributed by atoms with E-state index in [1.165, 1.54) is 11.8 Å². The van der Waals surface area contributed by atoms with Crippen molar-refractivity contribution in [3.05, 3.63) is 0 Å². The number of hydrogen-bond acceptors (Lipinski definition) is 5. The number of amides is 3. The van der Waals surface area contributed by atoms with E-state index in [1.807, 2.05) is 13.8 Å². The second-order valence-electron chi connectivity index (χ2n) is 6.30. The zero-order chi connectivity index (χ0) is 18.4. The highest BCUT2D eigenvalue weighted by molar-refractivity contribution is 5.93. The molecule has 9 nitrogen and oxygen atoms in total. The molecule has 9 heteroatoms. The molecule has 0 radical (unpaired) electrons. The summed E-state index contributed by atoms with van der Waals surface area (Å²) in [5.74, 6) is -2.51. The van der Waals surface area contributed by atoms with Gasteiger partial charge in [-0.25, -0.2) is 0 Å². The van der Waals surface area contributed by atoms with Crippen LogP contribution >= 0.6 is 0 Å². The van der Waals surface area contributed by atoms with Crippen molar-refractivity contribution in [3.8, 4) is 0 Å². The van der Waals surface area contributed by atoms with Gasteiger partial charge in [-0.2, -0.15) is 0 Å². The van der Waals surface area contributed by atoms with Crippen molar-refractivity contribution < 1.29 is 24.3 Å². The van der Waals surface area contributed by atoms with E-state index in [0.29, 0.717) is 19.4 Å². The summed E-state index contributed by atoms with van der Waals surface area (Å²) in [6.07, 6.45) is 1.20. The number of rotatable bonds is 7. The van der Waals surface area contributed by atoms with Gasteiger partial charge in [0.1, 0.15) is 12.1 Å². The molecule has 0 bridgehead atoms. The van der Waals surface area contributed by atoms with Crippen LogP contribution in [0.4, 0.5) is 0 Å². The lowest BCUT2D eigenvalue weighted by Gasteiger charge is -2.28. The summed E-state index contributed by atoms with van der Waals surface area (Å²) in [5, 5.41) is 13.4. The lowest BCUT2D eigenvalue weighted by atomic mass is 10.0. The van der Waals surface area contributed by atoms with Crippen molar-refractivity contribution in [1.82, 2.24) is 15.5 Å². The first kappa shape index (κ1) is 19.9. The molecule has 0 saturated carbocycles. The van der Waals surface area contributed by atoms with E-state index in [9.17, 15) is 19.2 Å². The molecule has 1 fully saturated rings. The van der Waals surface area contributed by atoms with Gasteiger partial charge < -0.3 is 26.4 Å². The molecule has 5 N–H and O–H groups in total. The predicted octanol–water partition coefficient (Wildman–Crippen LogP) is -1.33. The van der Waals surface area contributed by atoms with Crippen LogP contribution in [-0.4, -0.2) is 64.9 Å². The Balaban J connectivity index is 2.56. The van der Waals surface area contributed by atoms with Crippen LogP contribution in [-0.2, 0) is 19.2 Å². The van der Waals surface area contributed by atoms with Crippen molar-refractivity contribution >= 4 is 23.7 Å². The molecule has 0 spiro atoms. The van der Waals surface area contributed by atoms with E-state index in [4.69, 9.17) is 10.8 Å². The molecule has 0 aromatic heterocycles. The van der Waals surface area contributed by atoms with Crippen molar-refractivity contribution in [1.29, 1.82) is 0 Å². The SMILES string of the molecule is CC(NC(=O)CNC(=O)C1CCCN1C(=O)C(N)C(C)C)C(=O)O. The van der Waals surface area contributed by atoms with E-state index >= 15 is 0 Å². The molecule has 3 atom stereocenters. The third-order valence-corrected chi connectivity index (χ3v) is 4.01. The lowest BCUT2D eigenvalue weighted by Crippen LogP contribution is -2.53. The summed E-state index contributed by atoms with van der Waals surface area (Å²) in [7, 11) is 0. The monoisotopic (exact) mass is 342 g/mol.